The predicted molar refractivity (Wildman–Crippen MR) is 61.3 cm³/mol. The Kier molecular flexibility index (Phi) is 3.04. The van der Waals surface area contributed by atoms with E-state index in [1.165, 1.54) is 6.33 Å². The molecule has 0 aromatic carbocycles. The van der Waals surface area contributed by atoms with Crippen LogP contribution in [0.3, 0.4) is 0 Å². The number of anilines is 1. The van der Waals surface area contributed by atoms with Gasteiger partial charge in [-0.25, -0.2) is 9.97 Å². The van der Waals surface area contributed by atoms with Crippen molar-refractivity contribution in [2.75, 3.05) is 5.73 Å². The van der Waals surface area contributed by atoms with Crippen molar-refractivity contribution in [3.8, 4) is 0 Å². The number of nitrogens with one attached hydrogen (secondary N) is 1. The molecule has 88 valence electrons. The van der Waals surface area contributed by atoms with Crippen molar-refractivity contribution in [3.63, 3.8) is 0 Å². The van der Waals surface area contributed by atoms with Crippen LogP contribution in [0, 0.1) is 0 Å². The fourth-order valence-corrected chi connectivity index (χ4v) is 1.64. The third-order valence-electron chi connectivity index (χ3n) is 2.46. The smallest absolute Gasteiger partial charge is 0.312 e. The molecule has 0 fully saturated rings. The van der Waals surface area contributed by atoms with E-state index in [4.69, 9.17) is 5.73 Å². The predicted octanol–water partition coefficient (Wildman–Crippen LogP) is 0.798. The highest BCUT2D eigenvalue weighted by molar-refractivity contribution is 5.75. The lowest BCUT2D eigenvalue weighted by atomic mass is 9.97. The van der Waals surface area contributed by atoms with Gasteiger partial charge in [-0.05, 0) is 24.1 Å². The van der Waals surface area contributed by atoms with Gasteiger partial charge < -0.3 is 15.8 Å². The zero-order valence-electron chi connectivity index (χ0n) is 9.00. The molecule has 0 aliphatic rings. The SMILES string of the molecule is Nc1cc(CC(C(=O)O)c2c[nH]cn2)ccn1. The summed E-state index contributed by atoms with van der Waals surface area (Å²) in [7, 11) is 0. The summed E-state index contributed by atoms with van der Waals surface area (Å²) in [5, 5.41) is 9.17. The molecule has 4 N–H and O–H groups in total. The lowest BCUT2D eigenvalue weighted by molar-refractivity contribution is -0.138. The Morgan fingerprint density at radius 2 is 2.35 bits per heavy atom. The summed E-state index contributed by atoms with van der Waals surface area (Å²) in [4.78, 5) is 21.8. The van der Waals surface area contributed by atoms with Gasteiger partial charge in [0.2, 0.25) is 0 Å². The summed E-state index contributed by atoms with van der Waals surface area (Å²) in [5.74, 6) is -1.20. The average Bonchev–Trinajstić information content (AvgIpc) is 2.78. The van der Waals surface area contributed by atoms with Gasteiger partial charge in [-0.3, -0.25) is 4.79 Å². The van der Waals surface area contributed by atoms with E-state index in [0.29, 0.717) is 17.9 Å². The number of hydrogen-bond acceptors (Lipinski definition) is 4. The number of carboxylic acids is 1. The molecule has 2 rings (SSSR count). The van der Waals surface area contributed by atoms with Crippen LogP contribution in [0.1, 0.15) is 17.2 Å². The van der Waals surface area contributed by atoms with Crippen LogP contribution in [0.4, 0.5) is 5.82 Å². The van der Waals surface area contributed by atoms with E-state index in [2.05, 4.69) is 15.0 Å². The van der Waals surface area contributed by atoms with Crippen molar-refractivity contribution >= 4 is 11.8 Å². The maximum absolute atomic E-state index is 11.2. The number of hydrogen-bond donors (Lipinski definition) is 3. The molecule has 6 heteroatoms. The number of rotatable bonds is 4. The first-order chi connectivity index (χ1) is 8.16. The largest absolute Gasteiger partial charge is 0.481 e. The van der Waals surface area contributed by atoms with E-state index in [0.717, 1.165) is 5.56 Å². The second kappa shape index (κ2) is 4.65. The fraction of sp³-hybridized carbons (Fsp3) is 0.182. The number of carboxylic acid groups (broad SMARTS) is 1. The number of nitrogens with two attached hydrogens (primary N) is 1. The van der Waals surface area contributed by atoms with Gasteiger partial charge in [0, 0.05) is 12.4 Å². The third kappa shape index (κ3) is 2.60. The number of imidazole rings is 1. The Morgan fingerprint density at radius 3 is 2.94 bits per heavy atom. The fourth-order valence-electron chi connectivity index (χ4n) is 1.64. The Bertz CT molecular complexity index is 510. The van der Waals surface area contributed by atoms with Gasteiger partial charge in [0.25, 0.3) is 0 Å². The molecule has 0 aliphatic heterocycles. The number of aromatic nitrogens is 3. The van der Waals surface area contributed by atoms with E-state index >= 15 is 0 Å². The van der Waals surface area contributed by atoms with Crippen LogP contribution in [-0.4, -0.2) is 26.0 Å². The Hall–Kier alpha value is -2.37. The number of pyridine rings is 1. The van der Waals surface area contributed by atoms with Crippen molar-refractivity contribution in [2.45, 2.75) is 12.3 Å². The first-order valence-electron chi connectivity index (χ1n) is 5.08. The van der Waals surface area contributed by atoms with Gasteiger partial charge >= 0.3 is 5.97 Å². The van der Waals surface area contributed by atoms with Crippen LogP contribution in [0.25, 0.3) is 0 Å². The summed E-state index contributed by atoms with van der Waals surface area (Å²) >= 11 is 0. The minimum atomic E-state index is -0.910. The molecule has 1 unspecified atom stereocenters. The molecule has 6 nitrogen and oxygen atoms in total. The molecule has 2 heterocycles. The highest BCUT2D eigenvalue weighted by Gasteiger charge is 2.22. The number of aliphatic carboxylic acids is 1. The quantitative estimate of drug-likeness (QED) is 0.723. The maximum atomic E-state index is 11.2. The molecular formula is C11H12N4O2. The summed E-state index contributed by atoms with van der Waals surface area (Å²) in [6, 6.07) is 3.42. The molecule has 1 atom stereocenters. The standard InChI is InChI=1S/C11H12N4O2/c12-10-4-7(1-2-14-10)3-8(11(16)17)9-5-13-6-15-9/h1-2,4-6,8H,3H2,(H2,12,14)(H,13,15)(H,16,17). The zero-order chi connectivity index (χ0) is 12.3. The average molecular weight is 232 g/mol. The van der Waals surface area contributed by atoms with Crippen LogP contribution < -0.4 is 5.73 Å². The van der Waals surface area contributed by atoms with Crippen LogP contribution in [-0.2, 0) is 11.2 Å². The molecule has 0 radical (unpaired) electrons. The highest BCUT2D eigenvalue weighted by Crippen LogP contribution is 2.19. The van der Waals surface area contributed by atoms with Gasteiger partial charge in [-0.1, -0.05) is 0 Å². The van der Waals surface area contributed by atoms with Gasteiger partial charge in [0.15, 0.2) is 0 Å². The minimum absolute atomic E-state index is 0.340. The number of aromatic amines is 1. The van der Waals surface area contributed by atoms with Gasteiger partial charge in [-0.2, -0.15) is 0 Å². The monoisotopic (exact) mass is 232 g/mol. The van der Waals surface area contributed by atoms with Crippen molar-refractivity contribution in [2.24, 2.45) is 0 Å². The van der Waals surface area contributed by atoms with Crippen LogP contribution in [0.15, 0.2) is 30.9 Å². The zero-order valence-corrected chi connectivity index (χ0v) is 9.00. The van der Waals surface area contributed by atoms with E-state index in [1.807, 2.05) is 0 Å². The normalized spacial score (nSPS) is 12.2. The Labute approximate surface area is 97.5 Å². The second-order valence-electron chi connectivity index (χ2n) is 3.68. The number of nitrogens with zero attached hydrogens (tertiary/aromatic N) is 2. The molecule has 0 aliphatic carbocycles. The number of carbonyl (C=O) groups is 1. The molecule has 0 bridgehead atoms. The van der Waals surface area contributed by atoms with Crippen LogP contribution >= 0.6 is 0 Å². The molecule has 17 heavy (non-hydrogen) atoms. The summed E-state index contributed by atoms with van der Waals surface area (Å²) < 4.78 is 0. The third-order valence-corrected chi connectivity index (χ3v) is 2.46. The molecule has 0 amide bonds. The first-order valence-corrected chi connectivity index (χ1v) is 5.08. The van der Waals surface area contributed by atoms with E-state index in [1.54, 1.807) is 24.5 Å². The highest BCUT2D eigenvalue weighted by atomic mass is 16.4. The van der Waals surface area contributed by atoms with Crippen molar-refractivity contribution in [3.05, 3.63) is 42.1 Å². The second-order valence-corrected chi connectivity index (χ2v) is 3.68. The van der Waals surface area contributed by atoms with E-state index < -0.39 is 11.9 Å². The minimum Gasteiger partial charge on any atom is -0.481 e. The maximum Gasteiger partial charge on any atom is 0.312 e. The molecule has 0 saturated heterocycles. The van der Waals surface area contributed by atoms with Crippen LogP contribution in [0.2, 0.25) is 0 Å². The molecule has 2 aromatic heterocycles. The van der Waals surface area contributed by atoms with E-state index in [-0.39, 0.29) is 0 Å². The van der Waals surface area contributed by atoms with Gasteiger partial charge in [0.1, 0.15) is 11.7 Å². The lowest BCUT2D eigenvalue weighted by Crippen LogP contribution is -2.15. The summed E-state index contributed by atoms with van der Waals surface area (Å²) in [6.45, 7) is 0. The number of H-pyrrole nitrogens is 1. The number of nitrogen functional groups attached to an aromatic ring is 1. The summed E-state index contributed by atoms with van der Waals surface area (Å²) in [6.07, 6.45) is 4.95. The topological polar surface area (TPSA) is 105 Å². The molecule has 2 aromatic rings. The molecule has 0 spiro atoms. The van der Waals surface area contributed by atoms with Crippen molar-refractivity contribution in [1.29, 1.82) is 0 Å². The summed E-state index contributed by atoms with van der Waals surface area (Å²) in [5.41, 5.74) is 6.88. The van der Waals surface area contributed by atoms with Crippen molar-refractivity contribution in [1.82, 2.24) is 15.0 Å². The molecular weight excluding hydrogens is 220 g/mol. The van der Waals surface area contributed by atoms with Crippen molar-refractivity contribution < 1.29 is 9.90 Å². The van der Waals surface area contributed by atoms with Crippen LogP contribution in [0.5, 0.6) is 0 Å². The molecule has 0 saturated carbocycles. The Balaban J connectivity index is 2.22. The van der Waals surface area contributed by atoms with Gasteiger partial charge in [0.05, 0.1) is 12.0 Å². The Morgan fingerprint density at radius 1 is 1.53 bits per heavy atom. The van der Waals surface area contributed by atoms with Gasteiger partial charge in [-0.15, -0.1) is 0 Å². The lowest BCUT2D eigenvalue weighted by Gasteiger charge is -2.09. The first kappa shape index (κ1) is 11.1. The van der Waals surface area contributed by atoms with E-state index in [9.17, 15) is 9.90 Å².